The number of rotatable bonds is 1. The van der Waals surface area contributed by atoms with Crippen LogP contribution in [0.4, 0.5) is 0 Å². The van der Waals surface area contributed by atoms with Crippen molar-refractivity contribution in [3.63, 3.8) is 0 Å². The summed E-state index contributed by atoms with van der Waals surface area (Å²) in [4.78, 5) is 0. The van der Waals surface area contributed by atoms with Gasteiger partial charge in [-0.05, 0) is 22.4 Å². The van der Waals surface area contributed by atoms with E-state index in [0.29, 0.717) is 5.92 Å². The van der Waals surface area contributed by atoms with Crippen LogP contribution in [0.2, 0.25) is 0 Å². The Balaban J connectivity index is 2.64. The third-order valence-electron chi connectivity index (χ3n) is 3.06. The maximum Gasteiger partial charge on any atom is 0.00289 e. The minimum atomic E-state index is 0.557. The molecule has 0 radical (unpaired) electrons. The maximum atomic E-state index is 3.98. The molecule has 2 rings (SSSR count). The van der Waals surface area contributed by atoms with E-state index in [9.17, 15) is 0 Å². The Bertz CT molecular complexity index is 477. The highest BCUT2D eigenvalue weighted by Crippen LogP contribution is 2.25. The van der Waals surface area contributed by atoms with Crippen LogP contribution in [0.25, 0.3) is 12.7 Å². The summed E-state index contributed by atoms with van der Waals surface area (Å²) >= 11 is 0. The molecule has 0 bridgehead atoms. The largest absolute Gasteiger partial charge is 0.0918 e. The zero-order valence-electron chi connectivity index (χ0n) is 8.88. The summed E-state index contributed by atoms with van der Waals surface area (Å²) < 4.78 is 0. The summed E-state index contributed by atoms with van der Waals surface area (Å²) in [5.41, 5.74) is 2.94. The predicted molar refractivity (Wildman–Crippen MR) is 62.5 cm³/mol. The minimum Gasteiger partial charge on any atom is -0.0918 e. The molecule has 0 amide bonds. The summed E-state index contributed by atoms with van der Waals surface area (Å²) in [5, 5.41) is 2.46. The zero-order valence-corrected chi connectivity index (χ0v) is 8.88. The molecule has 1 aromatic rings. The Morgan fingerprint density at radius 1 is 1.29 bits per heavy atom. The summed E-state index contributed by atoms with van der Waals surface area (Å²) in [6.07, 6.45) is 5.61. The molecular weight excluding hydrogens is 168 g/mol. The molecule has 0 aliphatic heterocycles. The van der Waals surface area contributed by atoms with E-state index in [0.717, 1.165) is 11.6 Å². The molecule has 0 N–H and O–H groups in total. The summed E-state index contributed by atoms with van der Waals surface area (Å²) in [6, 6.07) is 6.45. The molecule has 0 spiro atoms. The van der Waals surface area contributed by atoms with Crippen molar-refractivity contribution in [1.82, 2.24) is 0 Å². The van der Waals surface area contributed by atoms with Gasteiger partial charge in [-0.1, -0.05) is 56.4 Å². The van der Waals surface area contributed by atoms with Gasteiger partial charge in [0.15, 0.2) is 0 Å². The molecule has 1 unspecified atom stereocenters. The van der Waals surface area contributed by atoms with Crippen molar-refractivity contribution in [2.75, 3.05) is 0 Å². The second-order valence-corrected chi connectivity index (χ2v) is 3.95. The van der Waals surface area contributed by atoms with Crippen molar-refractivity contribution in [3.05, 3.63) is 45.8 Å². The average Bonchev–Trinajstić information content (AvgIpc) is 2.20. The first-order chi connectivity index (χ1) is 6.72. The third-order valence-corrected chi connectivity index (χ3v) is 3.06. The van der Waals surface area contributed by atoms with Gasteiger partial charge in [0, 0.05) is 5.92 Å². The molecule has 1 aromatic carbocycles. The van der Waals surface area contributed by atoms with E-state index >= 15 is 0 Å². The molecule has 0 aromatic heterocycles. The van der Waals surface area contributed by atoms with Gasteiger partial charge in [0.05, 0.1) is 0 Å². The van der Waals surface area contributed by atoms with Crippen molar-refractivity contribution in [1.29, 1.82) is 0 Å². The SMILES string of the molecule is C=c1ccc2c(c1)C(C)C(CC)=CC=2. The minimum absolute atomic E-state index is 0.557. The second kappa shape index (κ2) is 3.45. The highest BCUT2D eigenvalue weighted by molar-refractivity contribution is 5.50. The lowest BCUT2D eigenvalue weighted by Gasteiger charge is -2.19. The summed E-state index contributed by atoms with van der Waals surface area (Å²) in [7, 11) is 0. The molecule has 0 saturated carbocycles. The second-order valence-electron chi connectivity index (χ2n) is 3.95. The van der Waals surface area contributed by atoms with Gasteiger partial charge in [-0.3, -0.25) is 0 Å². The number of fused-ring (bicyclic) bond motifs is 1. The Hall–Kier alpha value is -1.30. The van der Waals surface area contributed by atoms with Crippen LogP contribution in [0.5, 0.6) is 0 Å². The number of benzene rings is 1. The van der Waals surface area contributed by atoms with Crippen LogP contribution < -0.4 is 10.4 Å². The number of allylic oxidation sites excluding steroid dienone is 2. The monoisotopic (exact) mass is 184 g/mol. The molecule has 0 heterocycles. The predicted octanol–water partition coefficient (Wildman–Crippen LogP) is 2.33. The molecule has 0 heteroatoms. The van der Waals surface area contributed by atoms with Crippen LogP contribution in [0.3, 0.4) is 0 Å². The van der Waals surface area contributed by atoms with Crippen LogP contribution in [-0.4, -0.2) is 0 Å². The fraction of sp³-hybridized carbons (Fsp3) is 0.286. The first kappa shape index (κ1) is 9.26. The zero-order chi connectivity index (χ0) is 10.1. The van der Waals surface area contributed by atoms with E-state index in [1.54, 1.807) is 0 Å². The van der Waals surface area contributed by atoms with Crippen molar-refractivity contribution in [2.45, 2.75) is 26.2 Å². The molecule has 0 fully saturated rings. The highest BCUT2D eigenvalue weighted by atomic mass is 14.2. The standard InChI is InChI=1S/C14H16/c1-4-12-7-8-13-6-5-10(2)9-14(13)11(12)3/h5-9,11H,2,4H2,1,3H3. The smallest absolute Gasteiger partial charge is 0.00289 e. The van der Waals surface area contributed by atoms with Crippen molar-refractivity contribution < 1.29 is 0 Å². The Kier molecular flexibility index (Phi) is 2.28. The fourth-order valence-corrected chi connectivity index (χ4v) is 2.12. The van der Waals surface area contributed by atoms with Crippen LogP contribution in [0.15, 0.2) is 29.8 Å². The lowest BCUT2D eigenvalue weighted by atomic mass is 9.86. The van der Waals surface area contributed by atoms with Gasteiger partial charge in [0.1, 0.15) is 0 Å². The molecule has 72 valence electrons. The van der Waals surface area contributed by atoms with Gasteiger partial charge >= 0.3 is 0 Å². The van der Waals surface area contributed by atoms with Gasteiger partial charge in [-0.2, -0.15) is 0 Å². The quantitative estimate of drug-likeness (QED) is 0.628. The topological polar surface area (TPSA) is 0 Å². The Labute approximate surface area is 85.3 Å². The van der Waals surface area contributed by atoms with Crippen LogP contribution in [0.1, 0.15) is 31.7 Å². The number of hydrogen-bond acceptors (Lipinski definition) is 0. The first-order valence-electron chi connectivity index (χ1n) is 5.22. The van der Waals surface area contributed by atoms with Crippen LogP contribution in [-0.2, 0) is 0 Å². The van der Waals surface area contributed by atoms with Crippen molar-refractivity contribution in [2.24, 2.45) is 0 Å². The fourth-order valence-electron chi connectivity index (χ4n) is 2.12. The highest BCUT2D eigenvalue weighted by Gasteiger charge is 2.13. The third kappa shape index (κ3) is 1.41. The van der Waals surface area contributed by atoms with Gasteiger partial charge < -0.3 is 0 Å². The van der Waals surface area contributed by atoms with Crippen molar-refractivity contribution >= 4 is 12.7 Å². The lowest BCUT2D eigenvalue weighted by molar-refractivity contribution is 0.826. The van der Waals surface area contributed by atoms with E-state index in [1.165, 1.54) is 16.4 Å². The van der Waals surface area contributed by atoms with Crippen molar-refractivity contribution in [3.8, 4) is 0 Å². The van der Waals surface area contributed by atoms with E-state index in [-0.39, 0.29) is 0 Å². The first-order valence-corrected chi connectivity index (χ1v) is 5.22. The normalized spacial score (nSPS) is 19.6. The molecule has 1 aliphatic rings. The van der Waals surface area contributed by atoms with E-state index < -0.39 is 0 Å². The van der Waals surface area contributed by atoms with Gasteiger partial charge in [0.25, 0.3) is 0 Å². The maximum absolute atomic E-state index is 3.98. The Morgan fingerprint density at radius 2 is 2.07 bits per heavy atom. The molecule has 1 atom stereocenters. The van der Waals surface area contributed by atoms with Gasteiger partial charge in [-0.15, -0.1) is 0 Å². The molecule has 14 heavy (non-hydrogen) atoms. The Morgan fingerprint density at radius 3 is 2.79 bits per heavy atom. The summed E-state index contributed by atoms with van der Waals surface area (Å²) in [5.74, 6) is 0.557. The van der Waals surface area contributed by atoms with Crippen LogP contribution >= 0.6 is 0 Å². The van der Waals surface area contributed by atoms with E-state index in [4.69, 9.17) is 0 Å². The van der Waals surface area contributed by atoms with Gasteiger partial charge in [-0.25, -0.2) is 0 Å². The summed E-state index contributed by atoms with van der Waals surface area (Å²) in [6.45, 7) is 8.48. The average molecular weight is 184 g/mol. The molecule has 0 nitrogen and oxygen atoms in total. The van der Waals surface area contributed by atoms with E-state index in [1.807, 2.05) is 0 Å². The lowest BCUT2D eigenvalue weighted by Crippen LogP contribution is -2.19. The molecule has 1 aliphatic carbocycles. The van der Waals surface area contributed by atoms with Crippen LogP contribution in [0, 0.1) is 0 Å². The van der Waals surface area contributed by atoms with E-state index in [2.05, 4.69) is 50.8 Å². The number of hydrogen-bond donors (Lipinski definition) is 0. The molecule has 0 saturated heterocycles. The molecular formula is C14H16. The van der Waals surface area contributed by atoms with Gasteiger partial charge in [0.2, 0.25) is 0 Å².